The van der Waals surface area contributed by atoms with Gasteiger partial charge in [-0.3, -0.25) is 4.98 Å². The molecule has 0 radical (unpaired) electrons. The maximum atomic E-state index is 12.4. The highest BCUT2D eigenvalue weighted by molar-refractivity contribution is 5.20. The molecule has 1 aromatic rings. The topological polar surface area (TPSA) is 12.9 Å². The summed E-state index contributed by atoms with van der Waals surface area (Å²) in [5, 5.41) is 0. The zero-order valence-corrected chi connectivity index (χ0v) is 11.2. The highest BCUT2D eigenvalue weighted by Gasteiger charge is 2.32. The molecular formula is C15H20F3N. The van der Waals surface area contributed by atoms with Crippen molar-refractivity contribution in [3.63, 3.8) is 0 Å². The van der Waals surface area contributed by atoms with E-state index in [0.29, 0.717) is 5.92 Å². The van der Waals surface area contributed by atoms with Gasteiger partial charge in [0.2, 0.25) is 0 Å². The third kappa shape index (κ3) is 3.71. The molecule has 1 aromatic heterocycles. The highest BCUT2D eigenvalue weighted by Crippen LogP contribution is 2.37. The van der Waals surface area contributed by atoms with E-state index in [2.05, 4.69) is 11.9 Å². The fourth-order valence-corrected chi connectivity index (χ4v) is 3.01. The van der Waals surface area contributed by atoms with Gasteiger partial charge in [-0.05, 0) is 49.1 Å². The molecule has 1 saturated carbocycles. The van der Waals surface area contributed by atoms with Gasteiger partial charge in [0.25, 0.3) is 0 Å². The minimum absolute atomic E-state index is 0.392. The molecule has 0 spiro atoms. The van der Waals surface area contributed by atoms with Gasteiger partial charge >= 0.3 is 6.18 Å². The first kappa shape index (κ1) is 14.4. The van der Waals surface area contributed by atoms with Crippen molar-refractivity contribution in [1.82, 2.24) is 4.98 Å². The normalized spacial score (nSPS) is 24.4. The summed E-state index contributed by atoms with van der Waals surface area (Å²) >= 11 is 0. The molecule has 0 amide bonds. The van der Waals surface area contributed by atoms with Crippen LogP contribution in [0.4, 0.5) is 13.2 Å². The molecule has 19 heavy (non-hydrogen) atoms. The van der Waals surface area contributed by atoms with E-state index >= 15 is 0 Å². The van der Waals surface area contributed by atoms with Gasteiger partial charge in [-0.2, -0.15) is 13.2 Å². The van der Waals surface area contributed by atoms with E-state index in [9.17, 15) is 13.2 Å². The van der Waals surface area contributed by atoms with Crippen LogP contribution in [-0.2, 0) is 6.18 Å². The Bertz CT molecular complexity index is 389. The number of nitrogens with zero attached hydrogens (tertiary/aromatic N) is 1. The Hall–Kier alpha value is -1.06. The standard InChI is InChI=1S/C15H20F3N/c1-2-3-11-4-6-12(7-5-11)13-8-9-14(19-10-13)15(16,17)18/h8-12H,2-7H2,1H3/t11-,12-. The minimum Gasteiger partial charge on any atom is -0.251 e. The Morgan fingerprint density at radius 2 is 1.84 bits per heavy atom. The molecule has 0 saturated heterocycles. The third-order valence-electron chi connectivity index (χ3n) is 4.09. The first-order valence-corrected chi connectivity index (χ1v) is 7.04. The van der Waals surface area contributed by atoms with Crippen LogP contribution in [-0.4, -0.2) is 4.98 Å². The molecule has 1 heterocycles. The third-order valence-corrected chi connectivity index (χ3v) is 4.09. The number of alkyl halides is 3. The van der Waals surface area contributed by atoms with Gasteiger partial charge in [-0.15, -0.1) is 0 Å². The summed E-state index contributed by atoms with van der Waals surface area (Å²) in [6.45, 7) is 2.20. The fourth-order valence-electron chi connectivity index (χ4n) is 3.01. The summed E-state index contributed by atoms with van der Waals surface area (Å²) < 4.78 is 37.3. The molecule has 0 unspecified atom stereocenters. The van der Waals surface area contributed by atoms with Crippen molar-refractivity contribution >= 4 is 0 Å². The van der Waals surface area contributed by atoms with Crippen molar-refractivity contribution in [3.05, 3.63) is 29.6 Å². The van der Waals surface area contributed by atoms with Crippen molar-refractivity contribution < 1.29 is 13.2 Å². The van der Waals surface area contributed by atoms with E-state index in [1.807, 2.05) is 0 Å². The fraction of sp³-hybridized carbons (Fsp3) is 0.667. The van der Waals surface area contributed by atoms with E-state index in [0.717, 1.165) is 30.4 Å². The van der Waals surface area contributed by atoms with E-state index in [-0.39, 0.29) is 0 Å². The Morgan fingerprint density at radius 1 is 1.16 bits per heavy atom. The lowest BCUT2D eigenvalue weighted by Gasteiger charge is -2.28. The number of pyridine rings is 1. The first-order valence-electron chi connectivity index (χ1n) is 7.04. The second-order valence-corrected chi connectivity index (χ2v) is 5.48. The maximum absolute atomic E-state index is 12.4. The summed E-state index contributed by atoms with van der Waals surface area (Å²) in [5.41, 5.74) is 0.166. The molecule has 1 nitrogen and oxygen atoms in total. The molecule has 0 atom stereocenters. The van der Waals surface area contributed by atoms with Gasteiger partial charge in [0, 0.05) is 6.20 Å². The molecule has 0 aromatic carbocycles. The van der Waals surface area contributed by atoms with Crippen LogP contribution in [0.5, 0.6) is 0 Å². The number of aromatic nitrogens is 1. The van der Waals surface area contributed by atoms with E-state index < -0.39 is 11.9 Å². The molecule has 1 fully saturated rings. The quantitative estimate of drug-likeness (QED) is 0.738. The summed E-state index contributed by atoms with van der Waals surface area (Å²) in [5.74, 6) is 1.20. The lowest BCUT2D eigenvalue weighted by atomic mass is 9.77. The molecule has 0 bridgehead atoms. The number of halogens is 3. The maximum Gasteiger partial charge on any atom is 0.433 e. The van der Waals surface area contributed by atoms with Crippen LogP contribution in [0.2, 0.25) is 0 Å². The molecular weight excluding hydrogens is 251 g/mol. The predicted octanol–water partition coefficient (Wildman–Crippen LogP) is 5.17. The van der Waals surface area contributed by atoms with Crippen molar-refractivity contribution in [2.75, 3.05) is 0 Å². The highest BCUT2D eigenvalue weighted by atomic mass is 19.4. The molecule has 2 rings (SSSR count). The van der Waals surface area contributed by atoms with Crippen molar-refractivity contribution in [1.29, 1.82) is 0 Å². The predicted molar refractivity (Wildman–Crippen MR) is 68.8 cm³/mol. The van der Waals surface area contributed by atoms with E-state index in [1.54, 1.807) is 6.07 Å². The van der Waals surface area contributed by atoms with Crippen molar-refractivity contribution in [3.8, 4) is 0 Å². The van der Waals surface area contributed by atoms with Gasteiger partial charge in [-0.1, -0.05) is 25.8 Å². The SMILES string of the molecule is CCC[C@H]1CC[C@H](c2ccc(C(F)(F)F)nc2)CC1. The van der Waals surface area contributed by atoms with Crippen LogP contribution in [0.1, 0.15) is 62.6 Å². The van der Waals surface area contributed by atoms with Gasteiger partial charge in [0.05, 0.1) is 0 Å². The molecule has 1 aliphatic carbocycles. The molecule has 0 aliphatic heterocycles. The van der Waals surface area contributed by atoms with Crippen LogP contribution in [0.3, 0.4) is 0 Å². The summed E-state index contributed by atoms with van der Waals surface area (Å²) in [7, 11) is 0. The van der Waals surface area contributed by atoms with Crippen LogP contribution >= 0.6 is 0 Å². The number of hydrogen-bond acceptors (Lipinski definition) is 1. The van der Waals surface area contributed by atoms with Crippen LogP contribution < -0.4 is 0 Å². The van der Waals surface area contributed by atoms with E-state index in [4.69, 9.17) is 0 Å². The van der Waals surface area contributed by atoms with Gasteiger partial charge in [0.15, 0.2) is 0 Å². The number of rotatable bonds is 3. The van der Waals surface area contributed by atoms with E-state index in [1.165, 1.54) is 31.9 Å². The monoisotopic (exact) mass is 271 g/mol. The minimum atomic E-state index is -4.34. The zero-order valence-electron chi connectivity index (χ0n) is 11.2. The van der Waals surface area contributed by atoms with Gasteiger partial charge in [-0.25, -0.2) is 0 Å². The molecule has 1 aliphatic rings. The Morgan fingerprint density at radius 3 is 2.32 bits per heavy atom. The Balaban J connectivity index is 1.97. The largest absolute Gasteiger partial charge is 0.433 e. The van der Waals surface area contributed by atoms with Gasteiger partial charge in [0.1, 0.15) is 5.69 Å². The van der Waals surface area contributed by atoms with Crippen LogP contribution in [0, 0.1) is 5.92 Å². The summed E-state index contributed by atoms with van der Waals surface area (Å²) in [6, 6.07) is 2.70. The average Bonchev–Trinajstić information content (AvgIpc) is 2.39. The second-order valence-electron chi connectivity index (χ2n) is 5.48. The van der Waals surface area contributed by atoms with Crippen molar-refractivity contribution in [2.45, 2.75) is 57.5 Å². The average molecular weight is 271 g/mol. The Labute approximate surface area is 112 Å². The first-order chi connectivity index (χ1) is 9.00. The molecule has 0 N–H and O–H groups in total. The summed E-state index contributed by atoms with van der Waals surface area (Å²) in [4.78, 5) is 3.56. The lowest BCUT2D eigenvalue weighted by molar-refractivity contribution is -0.141. The lowest BCUT2D eigenvalue weighted by Crippen LogP contribution is -2.14. The van der Waals surface area contributed by atoms with Crippen LogP contribution in [0.25, 0.3) is 0 Å². The zero-order chi connectivity index (χ0) is 13.9. The second kappa shape index (κ2) is 5.93. The number of hydrogen-bond donors (Lipinski definition) is 0. The van der Waals surface area contributed by atoms with Crippen molar-refractivity contribution in [2.24, 2.45) is 5.92 Å². The summed E-state index contributed by atoms with van der Waals surface area (Å²) in [6.07, 6.45) is 4.12. The Kier molecular flexibility index (Phi) is 4.48. The van der Waals surface area contributed by atoms with Gasteiger partial charge < -0.3 is 0 Å². The molecule has 106 valence electrons. The van der Waals surface area contributed by atoms with Crippen LogP contribution in [0.15, 0.2) is 18.3 Å². The smallest absolute Gasteiger partial charge is 0.251 e. The molecule has 4 heteroatoms.